The van der Waals surface area contributed by atoms with E-state index in [-0.39, 0.29) is 17.4 Å². The van der Waals surface area contributed by atoms with Gasteiger partial charge in [-0.2, -0.15) is 5.10 Å². The van der Waals surface area contributed by atoms with Gasteiger partial charge in [0.25, 0.3) is 5.56 Å². The molecule has 0 radical (unpaired) electrons. The molecule has 1 amide bonds. The van der Waals surface area contributed by atoms with Crippen LogP contribution in [0.2, 0.25) is 0 Å². The Morgan fingerprint density at radius 2 is 1.77 bits per heavy atom. The average Bonchev–Trinajstić information content (AvgIpc) is 3.21. The Hall–Kier alpha value is -3.74. The Labute approximate surface area is 180 Å². The van der Waals surface area contributed by atoms with Gasteiger partial charge in [-0.05, 0) is 17.5 Å². The summed E-state index contributed by atoms with van der Waals surface area (Å²) in [6, 6.07) is 19.5. The van der Waals surface area contributed by atoms with E-state index in [1.165, 1.54) is 0 Å². The molecule has 0 bridgehead atoms. The van der Waals surface area contributed by atoms with E-state index in [9.17, 15) is 9.59 Å². The quantitative estimate of drug-likeness (QED) is 0.480. The summed E-state index contributed by atoms with van der Waals surface area (Å²) in [6.45, 7) is 3.31. The van der Waals surface area contributed by atoms with E-state index in [1.807, 2.05) is 67.6 Å². The zero-order valence-electron chi connectivity index (χ0n) is 17.4. The number of amides is 1. The number of carbonyl (C=O) groups excluding carboxylic acids is 1. The number of nitrogens with one attached hydrogen (secondary N) is 1. The lowest BCUT2D eigenvalue weighted by Crippen LogP contribution is -2.32. The fourth-order valence-corrected chi connectivity index (χ4v) is 3.72. The van der Waals surface area contributed by atoms with Crippen molar-refractivity contribution in [3.8, 4) is 0 Å². The smallest absolute Gasteiger partial charge is 0.264 e. The van der Waals surface area contributed by atoms with Crippen molar-refractivity contribution in [2.75, 3.05) is 6.54 Å². The van der Waals surface area contributed by atoms with Crippen LogP contribution in [0, 0.1) is 0 Å². The van der Waals surface area contributed by atoms with Crippen molar-refractivity contribution in [1.82, 2.24) is 24.6 Å². The molecule has 1 atom stereocenters. The molecule has 0 spiro atoms. The lowest BCUT2D eigenvalue weighted by Gasteiger charge is -2.15. The van der Waals surface area contributed by atoms with Crippen molar-refractivity contribution >= 4 is 16.9 Å². The highest BCUT2D eigenvalue weighted by atomic mass is 16.2. The second-order valence-corrected chi connectivity index (χ2v) is 7.43. The van der Waals surface area contributed by atoms with E-state index in [1.54, 1.807) is 21.8 Å². The van der Waals surface area contributed by atoms with Crippen LogP contribution in [0.3, 0.4) is 0 Å². The molecule has 0 aliphatic heterocycles. The largest absolute Gasteiger partial charge is 0.354 e. The van der Waals surface area contributed by atoms with Crippen molar-refractivity contribution in [2.24, 2.45) is 0 Å². The fraction of sp³-hybridized carbons (Fsp3) is 0.250. The van der Waals surface area contributed by atoms with Gasteiger partial charge in [-0.15, -0.1) is 0 Å². The molecule has 4 aromatic rings. The van der Waals surface area contributed by atoms with Gasteiger partial charge < -0.3 is 5.32 Å². The zero-order valence-corrected chi connectivity index (χ0v) is 17.4. The number of benzene rings is 2. The van der Waals surface area contributed by atoms with Gasteiger partial charge in [0.2, 0.25) is 5.91 Å². The molecule has 2 heterocycles. The summed E-state index contributed by atoms with van der Waals surface area (Å²) in [4.78, 5) is 29.9. The van der Waals surface area contributed by atoms with E-state index in [0.717, 1.165) is 17.5 Å². The maximum absolute atomic E-state index is 12.8. The van der Waals surface area contributed by atoms with Crippen LogP contribution in [0.25, 0.3) is 11.0 Å². The molecule has 0 aliphatic rings. The van der Waals surface area contributed by atoms with Gasteiger partial charge in [0.1, 0.15) is 11.7 Å². The zero-order chi connectivity index (χ0) is 21.6. The highest BCUT2D eigenvalue weighted by molar-refractivity contribution is 5.83. The van der Waals surface area contributed by atoms with Crippen molar-refractivity contribution in [3.05, 3.63) is 94.7 Å². The molecule has 158 valence electrons. The van der Waals surface area contributed by atoms with E-state index in [0.29, 0.717) is 30.7 Å². The third-order valence-electron chi connectivity index (χ3n) is 5.37. The van der Waals surface area contributed by atoms with Crippen LogP contribution in [-0.4, -0.2) is 31.8 Å². The van der Waals surface area contributed by atoms with Gasteiger partial charge in [0.15, 0.2) is 5.65 Å². The molecule has 0 aliphatic carbocycles. The number of hydrogen-bond donors (Lipinski definition) is 1. The Morgan fingerprint density at radius 3 is 2.48 bits per heavy atom. The number of nitrogens with zero attached hydrogens (tertiary/aromatic N) is 4. The third-order valence-corrected chi connectivity index (χ3v) is 5.37. The standard InChI is InChI=1S/C24H25N5O2/c1-2-20(19-11-7-4-8-12-19)23(30)25-13-14-29-22-21(15-27-29)24(31)28(17-26-22)16-18-9-5-3-6-10-18/h3-12,15,17,20H,2,13-14,16H2,1H3,(H,25,30). The minimum absolute atomic E-state index is 0.0108. The normalized spacial score (nSPS) is 12.0. The predicted octanol–water partition coefficient (Wildman–Crippen LogP) is 2.95. The Bertz CT molecular complexity index is 1220. The van der Waals surface area contributed by atoms with Crippen LogP contribution in [-0.2, 0) is 17.9 Å². The first-order chi connectivity index (χ1) is 15.2. The van der Waals surface area contributed by atoms with Crippen molar-refractivity contribution in [3.63, 3.8) is 0 Å². The maximum atomic E-state index is 12.8. The minimum Gasteiger partial charge on any atom is -0.354 e. The SMILES string of the molecule is CCC(C(=O)NCCn1ncc2c(=O)n(Cc3ccccc3)cnc21)c1ccccc1. The second-order valence-electron chi connectivity index (χ2n) is 7.43. The summed E-state index contributed by atoms with van der Waals surface area (Å²) < 4.78 is 3.24. The Morgan fingerprint density at radius 1 is 1.06 bits per heavy atom. The third kappa shape index (κ3) is 4.55. The van der Waals surface area contributed by atoms with Crippen molar-refractivity contribution in [1.29, 1.82) is 0 Å². The molecule has 0 saturated carbocycles. The molecule has 2 aromatic heterocycles. The number of rotatable bonds is 8. The fourth-order valence-electron chi connectivity index (χ4n) is 3.72. The van der Waals surface area contributed by atoms with Crippen LogP contribution in [0.15, 0.2) is 78.0 Å². The van der Waals surface area contributed by atoms with Gasteiger partial charge in [-0.1, -0.05) is 67.6 Å². The number of carbonyl (C=O) groups is 1. The minimum atomic E-state index is -0.182. The van der Waals surface area contributed by atoms with E-state index < -0.39 is 0 Å². The molecule has 31 heavy (non-hydrogen) atoms. The first-order valence-corrected chi connectivity index (χ1v) is 10.4. The lowest BCUT2D eigenvalue weighted by atomic mass is 9.96. The second kappa shape index (κ2) is 9.38. The first-order valence-electron chi connectivity index (χ1n) is 10.4. The number of fused-ring (bicyclic) bond motifs is 1. The molecule has 1 N–H and O–H groups in total. The predicted molar refractivity (Wildman–Crippen MR) is 120 cm³/mol. The van der Waals surface area contributed by atoms with Gasteiger partial charge >= 0.3 is 0 Å². The first kappa shape index (κ1) is 20.5. The number of hydrogen-bond acceptors (Lipinski definition) is 4. The monoisotopic (exact) mass is 415 g/mol. The average molecular weight is 415 g/mol. The highest BCUT2D eigenvalue weighted by Gasteiger charge is 2.18. The molecule has 0 saturated heterocycles. The van der Waals surface area contributed by atoms with Crippen LogP contribution in [0.1, 0.15) is 30.4 Å². The number of aromatic nitrogens is 4. The summed E-state index contributed by atoms with van der Waals surface area (Å²) in [6.07, 6.45) is 3.83. The Kier molecular flexibility index (Phi) is 6.21. The summed E-state index contributed by atoms with van der Waals surface area (Å²) in [5.74, 6) is -0.192. The van der Waals surface area contributed by atoms with E-state index in [2.05, 4.69) is 15.4 Å². The van der Waals surface area contributed by atoms with Gasteiger partial charge in [-0.3, -0.25) is 14.2 Å². The molecular formula is C24H25N5O2. The molecule has 2 aromatic carbocycles. The molecule has 1 unspecified atom stereocenters. The van der Waals surface area contributed by atoms with E-state index in [4.69, 9.17) is 0 Å². The van der Waals surface area contributed by atoms with Crippen molar-refractivity contribution in [2.45, 2.75) is 32.4 Å². The molecular weight excluding hydrogens is 390 g/mol. The summed E-state index contributed by atoms with van der Waals surface area (Å²) >= 11 is 0. The summed E-state index contributed by atoms with van der Waals surface area (Å²) in [7, 11) is 0. The van der Waals surface area contributed by atoms with Gasteiger partial charge in [0.05, 0.1) is 25.2 Å². The van der Waals surface area contributed by atoms with Crippen LogP contribution >= 0.6 is 0 Å². The molecule has 7 nitrogen and oxygen atoms in total. The Balaban J connectivity index is 1.43. The highest BCUT2D eigenvalue weighted by Crippen LogP contribution is 2.19. The van der Waals surface area contributed by atoms with Crippen LogP contribution < -0.4 is 10.9 Å². The van der Waals surface area contributed by atoms with Crippen LogP contribution in [0.5, 0.6) is 0 Å². The molecule has 7 heteroatoms. The van der Waals surface area contributed by atoms with Crippen molar-refractivity contribution < 1.29 is 4.79 Å². The van der Waals surface area contributed by atoms with E-state index >= 15 is 0 Å². The topological polar surface area (TPSA) is 81.8 Å². The molecule has 4 rings (SSSR count). The maximum Gasteiger partial charge on any atom is 0.264 e. The van der Waals surface area contributed by atoms with Crippen LogP contribution in [0.4, 0.5) is 0 Å². The van der Waals surface area contributed by atoms with Gasteiger partial charge in [-0.25, -0.2) is 9.67 Å². The summed E-state index contributed by atoms with van der Waals surface area (Å²) in [5.41, 5.74) is 2.44. The molecule has 0 fully saturated rings. The van der Waals surface area contributed by atoms with Gasteiger partial charge in [0, 0.05) is 6.54 Å². The lowest BCUT2D eigenvalue weighted by molar-refractivity contribution is -0.122. The summed E-state index contributed by atoms with van der Waals surface area (Å²) in [5, 5.41) is 7.77.